The lowest BCUT2D eigenvalue weighted by atomic mass is 10.1. The van der Waals surface area contributed by atoms with Gasteiger partial charge in [-0.05, 0) is 31.0 Å². The van der Waals surface area contributed by atoms with Crippen molar-refractivity contribution in [3.8, 4) is 0 Å². The first-order valence-corrected chi connectivity index (χ1v) is 6.37. The summed E-state index contributed by atoms with van der Waals surface area (Å²) in [6, 6.07) is 7.14. The van der Waals surface area contributed by atoms with Gasteiger partial charge < -0.3 is 11.1 Å². The number of amides is 2. The molecule has 0 aliphatic rings. The molecule has 1 rings (SSSR count). The van der Waals surface area contributed by atoms with E-state index in [4.69, 9.17) is 5.73 Å². The Morgan fingerprint density at radius 3 is 2.58 bits per heavy atom. The number of rotatable bonds is 6. The second-order valence-electron chi connectivity index (χ2n) is 4.56. The van der Waals surface area contributed by atoms with Crippen molar-refractivity contribution in [2.24, 2.45) is 5.73 Å². The quantitative estimate of drug-likeness (QED) is 0.728. The molecule has 19 heavy (non-hydrogen) atoms. The number of nitrogens with two attached hydrogens (primary N) is 1. The molecule has 2 atom stereocenters. The van der Waals surface area contributed by atoms with E-state index in [1.165, 1.54) is 6.92 Å². The van der Waals surface area contributed by atoms with Crippen LogP contribution in [0.1, 0.15) is 38.8 Å². The van der Waals surface area contributed by atoms with E-state index < -0.39 is 0 Å². The third-order valence-corrected chi connectivity index (χ3v) is 2.91. The first-order chi connectivity index (χ1) is 8.93. The van der Waals surface area contributed by atoms with Crippen LogP contribution in [0.2, 0.25) is 0 Å². The third kappa shape index (κ3) is 4.71. The molecule has 1 aromatic rings. The summed E-state index contributed by atoms with van der Waals surface area (Å²) in [7, 11) is 0. The van der Waals surface area contributed by atoms with E-state index in [9.17, 15) is 9.59 Å². The van der Waals surface area contributed by atoms with Crippen LogP contribution in [0.3, 0.4) is 0 Å². The SMILES string of the molecule is CCC(NC(C)c1cccc(NC(C)=O)c1)C(N)=O. The number of hydrogen-bond donors (Lipinski definition) is 3. The fourth-order valence-electron chi connectivity index (χ4n) is 1.89. The molecule has 2 unspecified atom stereocenters. The Morgan fingerprint density at radius 1 is 1.37 bits per heavy atom. The van der Waals surface area contributed by atoms with Crippen LogP contribution in [0.4, 0.5) is 5.69 Å². The Balaban J connectivity index is 2.78. The first-order valence-electron chi connectivity index (χ1n) is 6.37. The van der Waals surface area contributed by atoms with E-state index in [0.29, 0.717) is 6.42 Å². The highest BCUT2D eigenvalue weighted by molar-refractivity contribution is 5.88. The van der Waals surface area contributed by atoms with Gasteiger partial charge in [0.2, 0.25) is 11.8 Å². The molecule has 0 saturated carbocycles. The second-order valence-corrected chi connectivity index (χ2v) is 4.56. The van der Waals surface area contributed by atoms with Crippen LogP contribution in [0.5, 0.6) is 0 Å². The van der Waals surface area contributed by atoms with Crippen molar-refractivity contribution >= 4 is 17.5 Å². The Kier molecular flexibility index (Phi) is 5.51. The maximum Gasteiger partial charge on any atom is 0.234 e. The van der Waals surface area contributed by atoms with Crippen molar-refractivity contribution in [3.63, 3.8) is 0 Å². The van der Waals surface area contributed by atoms with Crippen molar-refractivity contribution in [1.82, 2.24) is 5.32 Å². The minimum atomic E-state index is -0.354. The maximum absolute atomic E-state index is 11.2. The Hall–Kier alpha value is -1.88. The third-order valence-electron chi connectivity index (χ3n) is 2.91. The zero-order valence-corrected chi connectivity index (χ0v) is 11.6. The Labute approximate surface area is 113 Å². The van der Waals surface area contributed by atoms with Gasteiger partial charge in [0.25, 0.3) is 0 Å². The van der Waals surface area contributed by atoms with Crippen LogP contribution >= 0.6 is 0 Å². The van der Waals surface area contributed by atoms with Crippen molar-refractivity contribution in [2.75, 3.05) is 5.32 Å². The molecule has 2 amide bonds. The molecule has 0 radical (unpaired) electrons. The summed E-state index contributed by atoms with van der Waals surface area (Å²) < 4.78 is 0. The molecule has 5 nitrogen and oxygen atoms in total. The summed E-state index contributed by atoms with van der Waals surface area (Å²) in [5.74, 6) is -0.464. The molecule has 1 aromatic carbocycles. The van der Waals surface area contributed by atoms with E-state index in [1.807, 2.05) is 38.1 Å². The van der Waals surface area contributed by atoms with Gasteiger partial charge >= 0.3 is 0 Å². The predicted octanol–water partition coefficient (Wildman–Crippen LogP) is 1.56. The van der Waals surface area contributed by atoms with Gasteiger partial charge in [-0.25, -0.2) is 0 Å². The average molecular weight is 263 g/mol. The van der Waals surface area contributed by atoms with Crippen LogP contribution in [-0.4, -0.2) is 17.9 Å². The molecule has 0 heterocycles. The number of hydrogen-bond acceptors (Lipinski definition) is 3. The Morgan fingerprint density at radius 2 is 2.05 bits per heavy atom. The van der Waals surface area contributed by atoms with Gasteiger partial charge in [0, 0.05) is 18.7 Å². The largest absolute Gasteiger partial charge is 0.368 e. The van der Waals surface area contributed by atoms with E-state index >= 15 is 0 Å². The molecule has 0 aliphatic carbocycles. The summed E-state index contributed by atoms with van der Waals surface area (Å²) in [6.07, 6.45) is 0.644. The molecule has 4 N–H and O–H groups in total. The summed E-state index contributed by atoms with van der Waals surface area (Å²) in [5.41, 5.74) is 7.04. The van der Waals surface area contributed by atoms with E-state index in [1.54, 1.807) is 0 Å². The lowest BCUT2D eigenvalue weighted by Crippen LogP contribution is -2.41. The molecule has 104 valence electrons. The van der Waals surface area contributed by atoms with Crippen molar-refractivity contribution in [2.45, 2.75) is 39.3 Å². The Bertz CT molecular complexity index is 460. The van der Waals surface area contributed by atoms with Crippen molar-refractivity contribution in [3.05, 3.63) is 29.8 Å². The van der Waals surface area contributed by atoms with Crippen molar-refractivity contribution < 1.29 is 9.59 Å². The normalized spacial score (nSPS) is 13.6. The number of carbonyl (C=O) groups is 2. The smallest absolute Gasteiger partial charge is 0.234 e. The first kappa shape index (κ1) is 15.2. The topological polar surface area (TPSA) is 84.2 Å². The fraction of sp³-hybridized carbons (Fsp3) is 0.429. The van der Waals surface area contributed by atoms with Crippen LogP contribution < -0.4 is 16.4 Å². The van der Waals surface area contributed by atoms with Crippen LogP contribution in [0.15, 0.2) is 24.3 Å². The lowest BCUT2D eigenvalue weighted by molar-refractivity contribution is -0.120. The van der Waals surface area contributed by atoms with Crippen LogP contribution in [0.25, 0.3) is 0 Å². The standard InChI is InChI=1S/C14H21N3O2/c1-4-13(14(15)19)16-9(2)11-6-5-7-12(8-11)17-10(3)18/h5-9,13,16H,4H2,1-3H3,(H2,15,19)(H,17,18). The number of benzene rings is 1. The van der Waals surface area contributed by atoms with E-state index in [2.05, 4.69) is 10.6 Å². The van der Waals surface area contributed by atoms with Gasteiger partial charge in [0.15, 0.2) is 0 Å². The summed E-state index contributed by atoms with van der Waals surface area (Å²) in [5, 5.41) is 5.91. The zero-order valence-electron chi connectivity index (χ0n) is 11.6. The molecule has 0 bridgehead atoms. The molecule has 0 spiro atoms. The fourth-order valence-corrected chi connectivity index (χ4v) is 1.89. The number of primary amides is 1. The van der Waals surface area contributed by atoms with Gasteiger partial charge in [-0.1, -0.05) is 19.1 Å². The highest BCUT2D eigenvalue weighted by Gasteiger charge is 2.16. The van der Waals surface area contributed by atoms with Gasteiger partial charge in [-0.3, -0.25) is 14.9 Å². The summed E-state index contributed by atoms with van der Waals surface area (Å²) in [6.45, 7) is 5.33. The van der Waals surface area contributed by atoms with E-state index in [-0.39, 0.29) is 23.9 Å². The van der Waals surface area contributed by atoms with Crippen molar-refractivity contribution in [1.29, 1.82) is 0 Å². The molecule has 0 aliphatic heterocycles. The van der Waals surface area contributed by atoms with Crippen LogP contribution in [-0.2, 0) is 9.59 Å². The highest BCUT2D eigenvalue weighted by atomic mass is 16.1. The van der Waals surface area contributed by atoms with Crippen LogP contribution in [0, 0.1) is 0 Å². The lowest BCUT2D eigenvalue weighted by Gasteiger charge is -2.20. The highest BCUT2D eigenvalue weighted by Crippen LogP contribution is 2.18. The molecule has 0 saturated heterocycles. The number of carbonyl (C=O) groups excluding carboxylic acids is 2. The second kappa shape index (κ2) is 6.89. The molecule has 0 aromatic heterocycles. The maximum atomic E-state index is 11.2. The molecular weight excluding hydrogens is 242 g/mol. The molecular formula is C14H21N3O2. The van der Waals surface area contributed by atoms with E-state index in [0.717, 1.165) is 11.3 Å². The monoisotopic (exact) mass is 263 g/mol. The number of anilines is 1. The minimum Gasteiger partial charge on any atom is -0.368 e. The average Bonchev–Trinajstić information content (AvgIpc) is 2.34. The van der Waals surface area contributed by atoms with Gasteiger partial charge in [-0.2, -0.15) is 0 Å². The molecule has 5 heteroatoms. The molecule has 0 fully saturated rings. The summed E-state index contributed by atoms with van der Waals surface area (Å²) >= 11 is 0. The minimum absolute atomic E-state index is 0.0221. The predicted molar refractivity (Wildman–Crippen MR) is 75.6 cm³/mol. The van der Waals surface area contributed by atoms with Gasteiger partial charge in [-0.15, -0.1) is 0 Å². The number of nitrogens with one attached hydrogen (secondary N) is 2. The summed E-state index contributed by atoms with van der Waals surface area (Å²) in [4.78, 5) is 22.2. The van der Waals surface area contributed by atoms with Gasteiger partial charge in [0.1, 0.15) is 0 Å². The van der Waals surface area contributed by atoms with Gasteiger partial charge in [0.05, 0.1) is 6.04 Å². The zero-order chi connectivity index (χ0) is 14.4.